The van der Waals surface area contributed by atoms with Crippen LogP contribution in [0.15, 0.2) is 11.1 Å². The van der Waals surface area contributed by atoms with Gasteiger partial charge in [0.15, 0.2) is 0 Å². The van der Waals surface area contributed by atoms with Gasteiger partial charge in [0.25, 0.3) is 0 Å². The van der Waals surface area contributed by atoms with Crippen LogP contribution >= 0.6 is 11.8 Å². The van der Waals surface area contributed by atoms with Gasteiger partial charge in [-0.2, -0.15) is 4.98 Å². The molecule has 1 aliphatic rings. The number of thioether (sulfide) groups is 1. The average Bonchev–Trinajstić information content (AvgIpc) is 2.86. The predicted octanol–water partition coefficient (Wildman–Crippen LogP) is 2.15. The van der Waals surface area contributed by atoms with Crippen LogP contribution in [0.2, 0.25) is 0 Å². The number of nitrogens with one attached hydrogen (secondary N) is 1. The molecule has 0 aromatic carbocycles. The number of nitrogens with two attached hydrogens (primary N) is 1. The second-order valence-corrected chi connectivity index (χ2v) is 5.36. The molecule has 1 saturated heterocycles. The number of ether oxygens (including phenoxy) is 1. The van der Waals surface area contributed by atoms with Gasteiger partial charge in [0.2, 0.25) is 5.95 Å². The molecule has 1 aromatic rings. The van der Waals surface area contributed by atoms with Crippen LogP contribution < -0.4 is 11.1 Å². The lowest BCUT2D eigenvalue weighted by Gasteiger charge is -2.10. The molecule has 0 spiro atoms. The van der Waals surface area contributed by atoms with Crippen molar-refractivity contribution in [3.63, 3.8) is 0 Å². The molecule has 1 fully saturated rings. The molecule has 3 N–H and O–H groups in total. The summed E-state index contributed by atoms with van der Waals surface area (Å²) in [6, 6.07) is 1.95. The van der Waals surface area contributed by atoms with Crippen LogP contribution in [0.3, 0.4) is 0 Å². The maximum atomic E-state index is 5.71. The molecule has 0 radical (unpaired) electrons. The Morgan fingerprint density at radius 2 is 2.44 bits per heavy atom. The van der Waals surface area contributed by atoms with Gasteiger partial charge >= 0.3 is 0 Å². The second-order valence-electron chi connectivity index (χ2n) is 4.32. The van der Waals surface area contributed by atoms with Crippen LogP contribution in [0.25, 0.3) is 0 Å². The number of hydrogen-bond donors (Lipinski definition) is 2. The molecule has 0 aliphatic carbocycles. The van der Waals surface area contributed by atoms with E-state index < -0.39 is 0 Å². The fraction of sp³-hybridized carbons (Fsp3) is 0.667. The molecule has 1 unspecified atom stereocenters. The Kier molecular flexibility index (Phi) is 5.07. The van der Waals surface area contributed by atoms with Gasteiger partial charge in [0.05, 0.1) is 6.10 Å². The number of hydrogen-bond acceptors (Lipinski definition) is 6. The van der Waals surface area contributed by atoms with Gasteiger partial charge < -0.3 is 15.8 Å². The van der Waals surface area contributed by atoms with Crippen LogP contribution in [-0.4, -0.2) is 35.0 Å². The van der Waals surface area contributed by atoms with E-state index in [2.05, 4.69) is 22.2 Å². The van der Waals surface area contributed by atoms with Crippen molar-refractivity contribution in [1.29, 1.82) is 0 Å². The molecule has 0 saturated carbocycles. The molecule has 1 aliphatic heterocycles. The third-order valence-corrected chi connectivity index (χ3v) is 3.76. The number of nitrogens with zero attached hydrogens (tertiary/aromatic N) is 2. The Hall–Kier alpha value is -1.01. The fourth-order valence-corrected chi connectivity index (χ4v) is 2.79. The fourth-order valence-electron chi connectivity index (χ4n) is 1.81. The molecule has 2 rings (SSSR count). The standard InChI is InChI=1S/C12H20N4OS/c1-2-5-14-10-7-11(16-12(13)15-10)18-8-9-4-3-6-17-9/h7,9H,2-6,8H2,1H3,(H3,13,14,15,16). The van der Waals surface area contributed by atoms with E-state index in [-0.39, 0.29) is 0 Å². The van der Waals surface area contributed by atoms with Gasteiger partial charge in [0.1, 0.15) is 10.8 Å². The van der Waals surface area contributed by atoms with E-state index in [9.17, 15) is 0 Å². The maximum absolute atomic E-state index is 5.71. The van der Waals surface area contributed by atoms with E-state index in [0.29, 0.717) is 12.1 Å². The van der Waals surface area contributed by atoms with Crippen LogP contribution in [0.1, 0.15) is 26.2 Å². The molecule has 1 atom stereocenters. The molecule has 18 heavy (non-hydrogen) atoms. The molecule has 1 aromatic heterocycles. The third-order valence-electron chi connectivity index (χ3n) is 2.72. The van der Waals surface area contributed by atoms with Gasteiger partial charge in [-0.25, -0.2) is 4.98 Å². The summed E-state index contributed by atoms with van der Waals surface area (Å²) in [6.45, 7) is 3.90. The lowest BCUT2D eigenvalue weighted by molar-refractivity contribution is 0.129. The first kappa shape index (κ1) is 13.4. The zero-order valence-electron chi connectivity index (χ0n) is 10.7. The smallest absolute Gasteiger partial charge is 0.223 e. The highest BCUT2D eigenvalue weighted by atomic mass is 32.2. The molecule has 5 nitrogen and oxygen atoms in total. The number of rotatable bonds is 6. The minimum Gasteiger partial charge on any atom is -0.377 e. The molecule has 6 heteroatoms. The minimum absolute atomic E-state index is 0.325. The summed E-state index contributed by atoms with van der Waals surface area (Å²) < 4.78 is 5.59. The topological polar surface area (TPSA) is 73.1 Å². The van der Waals surface area contributed by atoms with Crippen molar-refractivity contribution in [2.24, 2.45) is 0 Å². The Labute approximate surface area is 112 Å². The van der Waals surface area contributed by atoms with Crippen molar-refractivity contribution in [1.82, 2.24) is 9.97 Å². The van der Waals surface area contributed by atoms with Crippen molar-refractivity contribution >= 4 is 23.5 Å². The maximum Gasteiger partial charge on any atom is 0.223 e. The Morgan fingerprint density at radius 1 is 1.56 bits per heavy atom. The van der Waals surface area contributed by atoms with Gasteiger partial charge in [-0.3, -0.25) is 0 Å². The summed E-state index contributed by atoms with van der Waals surface area (Å²) in [5.41, 5.74) is 5.71. The number of anilines is 2. The Balaban J connectivity index is 1.91. The Morgan fingerprint density at radius 3 is 3.17 bits per heavy atom. The van der Waals surface area contributed by atoms with Crippen molar-refractivity contribution in [2.45, 2.75) is 37.3 Å². The monoisotopic (exact) mass is 268 g/mol. The summed E-state index contributed by atoms with van der Waals surface area (Å²) in [4.78, 5) is 8.40. The highest BCUT2D eigenvalue weighted by Crippen LogP contribution is 2.24. The summed E-state index contributed by atoms with van der Waals surface area (Å²) in [5, 5.41) is 4.14. The van der Waals surface area contributed by atoms with Crippen molar-refractivity contribution < 1.29 is 4.74 Å². The third kappa shape index (κ3) is 4.03. The summed E-state index contributed by atoms with van der Waals surface area (Å²) in [7, 11) is 0. The van der Waals surface area contributed by atoms with E-state index in [1.54, 1.807) is 11.8 Å². The number of aromatic nitrogens is 2. The van der Waals surface area contributed by atoms with E-state index in [4.69, 9.17) is 10.5 Å². The average molecular weight is 268 g/mol. The van der Waals surface area contributed by atoms with Crippen LogP contribution in [-0.2, 0) is 4.74 Å². The zero-order chi connectivity index (χ0) is 12.8. The summed E-state index contributed by atoms with van der Waals surface area (Å²) >= 11 is 1.68. The first-order chi connectivity index (χ1) is 8.78. The van der Waals surface area contributed by atoms with Crippen molar-refractivity contribution in [2.75, 3.05) is 30.0 Å². The van der Waals surface area contributed by atoms with Crippen LogP contribution in [0.4, 0.5) is 11.8 Å². The van der Waals surface area contributed by atoms with E-state index in [1.165, 1.54) is 6.42 Å². The number of nitrogen functional groups attached to an aromatic ring is 1. The largest absolute Gasteiger partial charge is 0.377 e. The normalized spacial score (nSPS) is 19.1. The predicted molar refractivity (Wildman–Crippen MR) is 74.9 cm³/mol. The van der Waals surface area contributed by atoms with Crippen molar-refractivity contribution in [3.05, 3.63) is 6.07 Å². The Bertz CT molecular complexity index is 382. The SMILES string of the molecule is CCCNc1cc(SCC2CCCO2)nc(N)n1. The molecular formula is C12H20N4OS. The van der Waals surface area contributed by atoms with E-state index >= 15 is 0 Å². The summed E-state index contributed by atoms with van der Waals surface area (Å²) in [5.74, 6) is 2.06. The second kappa shape index (κ2) is 6.80. The van der Waals surface area contributed by atoms with E-state index in [1.807, 2.05) is 6.07 Å². The van der Waals surface area contributed by atoms with Gasteiger partial charge in [-0.05, 0) is 19.3 Å². The van der Waals surface area contributed by atoms with Crippen LogP contribution in [0.5, 0.6) is 0 Å². The van der Waals surface area contributed by atoms with Crippen molar-refractivity contribution in [3.8, 4) is 0 Å². The zero-order valence-corrected chi connectivity index (χ0v) is 11.5. The van der Waals surface area contributed by atoms with Crippen LogP contribution in [0, 0.1) is 0 Å². The van der Waals surface area contributed by atoms with E-state index in [0.717, 1.165) is 42.6 Å². The van der Waals surface area contributed by atoms with Gasteiger partial charge in [-0.1, -0.05) is 6.92 Å². The first-order valence-electron chi connectivity index (χ1n) is 6.40. The highest BCUT2D eigenvalue weighted by molar-refractivity contribution is 7.99. The van der Waals surface area contributed by atoms with Gasteiger partial charge in [0, 0.05) is 25.0 Å². The minimum atomic E-state index is 0.325. The first-order valence-corrected chi connectivity index (χ1v) is 7.39. The summed E-state index contributed by atoms with van der Waals surface area (Å²) in [6.07, 6.45) is 3.73. The van der Waals surface area contributed by atoms with Gasteiger partial charge in [-0.15, -0.1) is 11.8 Å². The molecule has 0 bridgehead atoms. The molecular weight excluding hydrogens is 248 g/mol. The lowest BCUT2D eigenvalue weighted by Crippen LogP contribution is -2.09. The molecule has 100 valence electrons. The molecule has 2 heterocycles. The molecule has 0 amide bonds. The highest BCUT2D eigenvalue weighted by Gasteiger charge is 2.16. The quantitative estimate of drug-likeness (QED) is 0.608. The lowest BCUT2D eigenvalue weighted by atomic mass is 10.3.